The van der Waals surface area contributed by atoms with E-state index in [2.05, 4.69) is 35.2 Å². The number of hydrogen-bond acceptors (Lipinski definition) is 3. The summed E-state index contributed by atoms with van der Waals surface area (Å²) in [5.74, 6) is 0.154. The predicted molar refractivity (Wildman–Crippen MR) is 96.0 cm³/mol. The summed E-state index contributed by atoms with van der Waals surface area (Å²) in [7, 11) is 1.95. The first-order valence-corrected chi connectivity index (χ1v) is 9.24. The minimum absolute atomic E-state index is 0.154. The summed E-state index contributed by atoms with van der Waals surface area (Å²) in [6, 6.07) is 12.9. The van der Waals surface area contributed by atoms with E-state index in [0.717, 1.165) is 38.0 Å². The Balaban J connectivity index is 1.54. The maximum atomic E-state index is 12.5. The van der Waals surface area contributed by atoms with Gasteiger partial charge in [-0.3, -0.25) is 4.79 Å². The van der Waals surface area contributed by atoms with Crippen LogP contribution < -0.4 is 0 Å². The van der Waals surface area contributed by atoms with Crippen LogP contribution in [0.15, 0.2) is 47.2 Å². The van der Waals surface area contributed by atoms with Crippen molar-refractivity contribution in [2.45, 2.75) is 25.3 Å². The zero-order chi connectivity index (χ0) is 16.1. The van der Waals surface area contributed by atoms with Crippen molar-refractivity contribution in [2.75, 3.05) is 26.7 Å². The molecule has 4 heteroatoms. The second-order valence-electron chi connectivity index (χ2n) is 6.26. The lowest BCUT2D eigenvalue weighted by Gasteiger charge is -2.37. The lowest BCUT2D eigenvalue weighted by molar-refractivity contribution is 0.0620. The fraction of sp³-hybridized carbons (Fsp3) is 0.421. The van der Waals surface area contributed by atoms with Gasteiger partial charge in [0.2, 0.25) is 0 Å². The number of likely N-dealkylation sites (tertiary alicyclic amines) is 1. The highest BCUT2D eigenvalue weighted by Gasteiger charge is 2.26. The summed E-state index contributed by atoms with van der Waals surface area (Å²) < 4.78 is 0. The molecule has 1 unspecified atom stereocenters. The first-order chi connectivity index (χ1) is 11.2. The predicted octanol–water partition coefficient (Wildman–Crippen LogP) is 3.53. The molecule has 2 aromatic rings. The zero-order valence-electron chi connectivity index (χ0n) is 13.6. The zero-order valence-corrected chi connectivity index (χ0v) is 14.5. The largest absolute Gasteiger partial charge is 0.337 e. The van der Waals surface area contributed by atoms with Gasteiger partial charge in [-0.25, -0.2) is 0 Å². The van der Waals surface area contributed by atoms with Crippen LogP contribution in [0.4, 0.5) is 0 Å². The molecule has 122 valence electrons. The summed E-state index contributed by atoms with van der Waals surface area (Å²) >= 11 is 1.58. The Bertz CT molecular complexity index is 612. The van der Waals surface area contributed by atoms with E-state index in [1.54, 1.807) is 11.3 Å². The first-order valence-electron chi connectivity index (χ1n) is 8.29. The van der Waals surface area contributed by atoms with Gasteiger partial charge in [-0.2, -0.15) is 11.3 Å². The van der Waals surface area contributed by atoms with Crippen molar-refractivity contribution in [3.05, 3.63) is 58.3 Å². The molecule has 0 radical (unpaired) electrons. The molecule has 1 aromatic heterocycles. The molecule has 1 saturated heterocycles. The van der Waals surface area contributed by atoms with Crippen LogP contribution in [-0.2, 0) is 6.42 Å². The topological polar surface area (TPSA) is 23.6 Å². The van der Waals surface area contributed by atoms with Crippen LogP contribution in [-0.4, -0.2) is 48.4 Å². The van der Waals surface area contributed by atoms with Gasteiger partial charge in [0.1, 0.15) is 0 Å². The molecule has 1 aliphatic heterocycles. The molecule has 0 aliphatic carbocycles. The molecule has 3 nitrogen and oxygen atoms in total. The van der Waals surface area contributed by atoms with Gasteiger partial charge < -0.3 is 9.80 Å². The smallest absolute Gasteiger partial charge is 0.254 e. The summed E-state index contributed by atoms with van der Waals surface area (Å²) in [4.78, 5) is 16.9. The van der Waals surface area contributed by atoms with Crippen molar-refractivity contribution < 1.29 is 4.79 Å². The van der Waals surface area contributed by atoms with E-state index >= 15 is 0 Å². The van der Waals surface area contributed by atoms with Crippen LogP contribution in [0.1, 0.15) is 28.8 Å². The van der Waals surface area contributed by atoms with Crippen molar-refractivity contribution in [1.29, 1.82) is 0 Å². The third-order valence-corrected chi connectivity index (χ3v) is 5.36. The number of amides is 1. The third kappa shape index (κ3) is 4.21. The highest BCUT2D eigenvalue weighted by molar-refractivity contribution is 7.08. The molecule has 0 N–H and O–H groups in total. The summed E-state index contributed by atoms with van der Waals surface area (Å²) in [5, 5.41) is 3.91. The van der Waals surface area contributed by atoms with Gasteiger partial charge in [-0.1, -0.05) is 30.3 Å². The number of thiophene rings is 1. The van der Waals surface area contributed by atoms with Crippen molar-refractivity contribution in [3.8, 4) is 0 Å². The molecule has 3 rings (SSSR count). The van der Waals surface area contributed by atoms with Crippen LogP contribution in [0, 0.1) is 0 Å². The maximum Gasteiger partial charge on any atom is 0.254 e. The van der Waals surface area contributed by atoms with Crippen molar-refractivity contribution in [1.82, 2.24) is 9.80 Å². The monoisotopic (exact) mass is 328 g/mol. The van der Waals surface area contributed by atoms with Crippen molar-refractivity contribution in [2.24, 2.45) is 0 Å². The molecule has 0 bridgehead atoms. The Morgan fingerprint density at radius 1 is 1.30 bits per heavy atom. The van der Waals surface area contributed by atoms with Crippen molar-refractivity contribution in [3.63, 3.8) is 0 Å². The van der Waals surface area contributed by atoms with Gasteiger partial charge >= 0.3 is 0 Å². The number of benzene rings is 1. The highest BCUT2D eigenvalue weighted by atomic mass is 32.1. The first kappa shape index (κ1) is 16.2. The standard InChI is InChI=1S/C19H24N2OS/c1-20(19(22)17-10-13-23-15-17)18-8-5-11-21(14-18)12-9-16-6-3-2-4-7-16/h2-4,6-7,10,13,15,18H,5,8-9,11-12,14H2,1H3. The summed E-state index contributed by atoms with van der Waals surface area (Å²) in [5.41, 5.74) is 2.20. The van der Waals surface area contributed by atoms with Crippen LogP contribution in [0.2, 0.25) is 0 Å². The highest BCUT2D eigenvalue weighted by Crippen LogP contribution is 2.18. The number of piperidine rings is 1. The number of nitrogens with zero attached hydrogens (tertiary/aromatic N) is 2. The normalized spacial score (nSPS) is 18.7. The van der Waals surface area contributed by atoms with Gasteiger partial charge in [0, 0.05) is 31.6 Å². The molecule has 1 aromatic carbocycles. The molecule has 1 fully saturated rings. The average Bonchev–Trinajstić information content (AvgIpc) is 3.14. The van der Waals surface area contributed by atoms with E-state index in [0.29, 0.717) is 6.04 Å². The molecule has 1 atom stereocenters. The number of rotatable bonds is 5. The Labute approximate surface area is 142 Å². The molecule has 0 spiro atoms. The molecule has 0 saturated carbocycles. The van der Waals surface area contributed by atoms with E-state index in [1.165, 1.54) is 12.0 Å². The van der Waals surface area contributed by atoms with Gasteiger partial charge in [-0.15, -0.1) is 0 Å². The van der Waals surface area contributed by atoms with E-state index in [1.807, 2.05) is 28.8 Å². The fourth-order valence-electron chi connectivity index (χ4n) is 3.24. The summed E-state index contributed by atoms with van der Waals surface area (Å²) in [6.45, 7) is 3.20. The maximum absolute atomic E-state index is 12.5. The molecule has 23 heavy (non-hydrogen) atoms. The van der Waals surface area contributed by atoms with Gasteiger partial charge in [-0.05, 0) is 42.8 Å². The van der Waals surface area contributed by atoms with Gasteiger partial charge in [0.25, 0.3) is 5.91 Å². The average molecular weight is 328 g/mol. The Hall–Kier alpha value is -1.65. The number of carbonyl (C=O) groups excluding carboxylic acids is 1. The van der Waals surface area contributed by atoms with Crippen LogP contribution in [0.5, 0.6) is 0 Å². The third-order valence-electron chi connectivity index (χ3n) is 4.68. The van der Waals surface area contributed by atoms with Gasteiger partial charge in [0.05, 0.1) is 5.56 Å². The van der Waals surface area contributed by atoms with E-state index in [4.69, 9.17) is 0 Å². The van der Waals surface area contributed by atoms with Crippen molar-refractivity contribution >= 4 is 17.2 Å². The van der Waals surface area contributed by atoms with E-state index < -0.39 is 0 Å². The number of carbonyl (C=O) groups is 1. The Morgan fingerprint density at radius 3 is 2.87 bits per heavy atom. The second kappa shape index (κ2) is 7.75. The minimum Gasteiger partial charge on any atom is -0.337 e. The summed E-state index contributed by atoms with van der Waals surface area (Å²) in [6.07, 6.45) is 3.35. The minimum atomic E-state index is 0.154. The molecule has 2 heterocycles. The Kier molecular flexibility index (Phi) is 5.47. The Morgan fingerprint density at radius 2 is 2.13 bits per heavy atom. The lowest BCUT2D eigenvalue weighted by atomic mass is 10.0. The van der Waals surface area contributed by atoms with Crippen LogP contribution in [0.3, 0.4) is 0 Å². The molecular weight excluding hydrogens is 304 g/mol. The molecular formula is C19H24N2OS. The van der Waals surface area contributed by atoms with Crippen LogP contribution in [0.25, 0.3) is 0 Å². The number of hydrogen-bond donors (Lipinski definition) is 0. The molecule has 1 amide bonds. The van der Waals surface area contributed by atoms with E-state index in [-0.39, 0.29) is 5.91 Å². The second-order valence-corrected chi connectivity index (χ2v) is 7.04. The fourth-order valence-corrected chi connectivity index (χ4v) is 3.87. The molecule has 1 aliphatic rings. The quantitative estimate of drug-likeness (QED) is 0.838. The van der Waals surface area contributed by atoms with Gasteiger partial charge in [0.15, 0.2) is 0 Å². The van der Waals surface area contributed by atoms with Crippen LogP contribution >= 0.6 is 11.3 Å². The lowest BCUT2D eigenvalue weighted by Crippen LogP contribution is -2.48. The SMILES string of the molecule is CN(C(=O)c1ccsc1)C1CCCN(CCc2ccccc2)C1. The van der Waals surface area contributed by atoms with E-state index in [9.17, 15) is 4.79 Å². The number of likely N-dealkylation sites (N-methyl/N-ethyl adjacent to an activating group) is 1.